The number of primary amides is 1. The Hall–Kier alpha value is -2.64. The minimum Gasteiger partial charge on any atom is -0.370 e. The minimum absolute atomic E-state index is 0.0762. The van der Waals surface area contributed by atoms with Gasteiger partial charge in [0, 0.05) is 32.1 Å². The summed E-state index contributed by atoms with van der Waals surface area (Å²) in [5, 5.41) is 14.4. The summed E-state index contributed by atoms with van der Waals surface area (Å²) in [5.41, 5.74) is 5.97. The molecule has 0 radical (unpaired) electrons. The SMILES string of the molecule is CCNC(=NCc1ccccc1[N+](=O)[O-])N1CCCC(CC(N)=O)C1. The maximum Gasteiger partial charge on any atom is 0.274 e. The second kappa shape index (κ2) is 9.00. The first-order valence-corrected chi connectivity index (χ1v) is 8.55. The summed E-state index contributed by atoms with van der Waals surface area (Å²) in [4.78, 5) is 28.6. The Bertz CT molecular complexity index is 647. The van der Waals surface area contributed by atoms with E-state index in [1.54, 1.807) is 18.2 Å². The number of nitro groups is 1. The number of carbonyl (C=O) groups excluding carboxylic acids is 1. The van der Waals surface area contributed by atoms with Gasteiger partial charge in [-0.05, 0) is 25.7 Å². The number of likely N-dealkylation sites (tertiary alicyclic amines) is 1. The number of nitrogens with one attached hydrogen (secondary N) is 1. The number of benzene rings is 1. The lowest BCUT2D eigenvalue weighted by Crippen LogP contribution is -2.47. The molecule has 0 aromatic heterocycles. The van der Waals surface area contributed by atoms with Gasteiger partial charge in [-0.25, -0.2) is 4.99 Å². The third-order valence-electron chi connectivity index (χ3n) is 4.23. The molecule has 1 saturated heterocycles. The van der Waals surface area contributed by atoms with E-state index in [0.717, 1.165) is 25.3 Å². The number of rotatable bonds is 6. The highest BCUT2D eigenvalue weighted by molar-refractivity contribution is 5.80. The van der Waals surface area contributed by atoms with Gasteiger partial charge < -0.3 is 16.0 Å². The average Bonchev–Trinajstić information content (AvgIpc) is 2.58. The molecule has 0 aliphatic carbocycles. The van der Waals surface area contributed by atoms with Gasteiger partial charge in [-0.1, -0.05) is 18.2 Å². The highest BCUT2D eigenvalue weighted by atomic mass is 16.6. The van der Waals surface area contributed by atoms with Crippen LogP contribution in [0.15, 0.2) is 29.3 Å². The van der Waals surface area contributed by atoms with Crippen molar-refractivity contribution in [2.45, 2.75) is 32.7 Å². The Labute approximate surface area is 147 Å². The molecule has 1 aliphatic heterocycles. The number of hydrogen-bond acceptors (Lipinski definition) is 4. The van der Waals surface area contributed by atoms with Gasteiger partial charge in [0.05, 0.1) is 17.0 Å². The van der Waals surface area contributed by atoms with Crippen LogP contribution in [0.2, 0.25) is 0 Å². The second-order valence-electron chi connectivity index (χ2n) is 6.18. The molecular formula is C17H25N5O3. The van der Waals surface area contributed by atoms with Crippen molar-refractivity contribution in [1.82, 2.24) is 10.2 Å². The molecule has 1 unspecified atom stereocenters. The summed E-state index contributed by atoms with van der Waals surface area (Å²) < 4.78 is 0. The Morgan fingerprint density at radius 2 is 2.24 bits per heavy atom. The van der Waals surface area contributed by atoms with Gasteiger partial charge in [-0.3, -0.25) is 14.9 Å². The van der Waals surface area contributed by atoms with Crippen LogP contribution in [0.5, 0.6) is 0 Å². The average molecular weight is 347 g/mol. The van der Waals surface area contributed by atoms with Crippen LogP contribution in [0.3, 0.4) is 0 Å². The van der Waals surface area contributed by atoms with Crippen LogP contribution in [0.1, 0.15) is 31.7 Å². The molecule has 3 N–H and O–H groups in total. The van der Waals surface area contributed by atoms with Gasteiger partial charge in [-0.2, -0.15) is 0 Å². The maximum atomic E-state index is 11.2. The van der Waals surface area contributed by atoms with Crippen molar-refractivity contribution < 1.29 is 9.72 Å². The zero-order chi connectivity index (χ0) is 18.2. The van der Waals surface area contributed by atoms with Crippen molar-refractivity contribution in [1.29, 1.82) is 0 Å². The van der Waals surface area contributed by atoms with E-state index >= 15 is 0 Å². The minimum atomic E-state index is -0.387. The molecular weight excluding hydrogens is 322 g/mol. The highest BCUT2D eigenvalue weighted by Crippen LogP contribution is 2.21. The van der Waals surface area contributed by atoms with Crippen LogP contribution in [-0.4, -0.2) is 41.3 Å². The predicted molar refractivity (Wildman–Crippen MR) is 96.0 cm³/mol. The fourth-order valence-corrected chi connectivity index (χ4v) is 3.12. The van der Waals surface area contributed by atoms with Crippen LogP contribution < -0.4 is 11.1 Å². The van der Waals surface area contributed by atoms with Gasteiger partial charge in [0.1, 0.15) is 0 Å². The quantitative estimate of drug-likeness (QED) is 0.351. The highest BCUT2D eigenvalue weighted by Gasteiger charge is 2.23. The first-order valence-electron chi connectivity index (χ1n) is 8.55. The lowest BCUT2D eigenvalue weighted by Gasteiger charge is -2.34. The number of amides is 1. The van der Waals surface area contributed by atoms with Gasteiger partial charge in [-0.15, -0.1) is 0 Å². The fourth-order valence-electron chi connectivity index (χ4n) is 3.12. The summed E-state index contributed by atoms with van der Waals surface area (Å²) in [5.74, 6) is 0.657. The van der Waals surface area contributed by atoms with Crippen LogP contribution in [0.4, 0.5) is 5.69 Å². The Balaban J connectivity index is 2.13. The zero-order valence-electron chi connectivity index (χ0n) is 14.5. The van der Waals surface area contributed by atoms with E-state index in [1.807, 2.05) is 6.92 Å². The summed E-state index contributed by atoms with van der Waals surface area (Å²) in [7, 11) is 0. The molecule has 0 spiro atoms. The summed E-state index contributed by atoms with van der Waals surface area (Å²) in [6, 6.07) is 6.63. The lowest BCUT2D eigenvalue weighted by molar-refractivity contribution is -0.385. The molecule has 136 valence electrons. The number of para-hydroxylation sites is 1. The second-order valence-corrected chi connectivity index (χ2v) is 6.18. The third-order valence-corrected chi connectivity index (χ3v) is 4.23. The van der Waals surface area contributed by atoms with Crippen LogP contribution in [0.25, 0.3) is 0 Å². The van der Waals surface area contributed by atoms with Crippen LogP contribution in [0, 0.1) is 16.0 Å². The molecule has 1 atom stereocenters. The molecule has 1 heterocycles. The fraction of sp³-hybridized carbons (Fsp3) is 0.529. The van der Waals surface area contributed by atoms with E-state index in [-0.39, 0.29) is 29.0 Å². The smallest absolute Gasteiger partial charge is 0.274 e. The molecule has 8 nitrogen and oxygen atoms in total. The first kappa shape index (κ1) is 18.7. The Morgan fingerprint density at radius 3 is 2.92 bits per heavy atom. The number of nitrogens with zero attached hydrogens (tertiary/aromatic N) is 3. The standard InChI is InChI=1S/C17H25N5O3/c1-2-19-17(21-9-5-6-13(12-21)10-16(18)23)20-11-14-7-3-4-8-15(14)22(24)25/h3-4,7-8,13H,2,5-6,9-12H2,1H3,(H2,18,23)(H,19,20). The molecule has 1 aromatic carbocycles. The largest absolute Gasteiger partial charge is 0.370 e. The lowest BCUT2D eigenvalue weighted by atomic mass is 9.95. The number of aliphatic imine (C=N–C) groups is 1. The molecule has 1 aliphatic rings. The van der Waals surface area contributed by atoms with E-state index in [0.29, 0.717) is 25.1 Å². The monoisotopic (exact) mass is 347 g/mol. The Kier molecular flexibility index (Phi) is 6.73. The van der Waals surface area contributed by atoms with E-state index in [4.69, 9.17) is 5.73 Å². The van der Waals surface area contributed by atoms with Gasteiger partial charge in [0.2, 0.25) is 5.91 Å². The van der Waals surface area contributed by atoms with E-state index in [9.17, 15) is 14.9 Å². The topological polar surface area (TPSA) is 114 Å². The van der Waals surface area contributed by atoms with Crippen molar-refractivity contribution in [3.8, 4) is 0 Å². The van der Waals surface area contributed by atoms with E-state index < -0.39 is 0 Å². The number of piperidine rings is 1. The van der Waals surface area contributed by atoms with Crippen LogP contribution in [-0.2, 0) is 11.3 Å². The predicted octanol–water partition coefficient (Wildman–Crippen LogP) is 1.65. The van der Waals surface area contributed by atoms with Crippen molar-refractivity contribution >= 4 is 17.6 Å². The number of carbonyl (C=O) groups is 1. The van der Waals surface area contributed by atoms with E-state index in [1.165, 1.54) is 6.07 Å². The molecule has 25 heavy (non-hydrogen) atoms. The van der Waals surface area contributed by atoms with Crippen molar-refractivity contribution in [3.05, 3.63) is 39.9 Å². The van der Waals surface area contributed by atoms with E-state index in [2.05, 4.69) is 15.2 Å². The number of nitro benzene ring substituents is 1. The van der Waals surface area contributed by atoms with Gasteiger partial charge in [0.25, 0.3) is 5.69 Å². The third kappa shape index (κ3) is 5.44. The molecule has 8 heteroatoms. The molecule has 1 aromatic rings. The molecule has 2 rings (SSSR count). The molecule has 0 bridgehead atoms. The zero-order valence-corrected chi connectivity index (χ0v) is 14.5. The number of nitrogens with two attached hydrogens (primary N) is 1. The molecule has 1 amide bonds. The summed E-state index contributed by atoms with van der Waals surface area (Å²) in [6.45, 7) is 4.47. The summed E-state index contributed by atoms with van der Waals surface area (Å²) >= 11 is 0. The summed E-state index contributed by atoms with van der Waals surface area (Å²) in [6.07, 6.45) is 2.32. The van der Waals surface area contributed by atoms with Crippen molar-refractivity contribution in [2.24, 2.45) is 16.6 Å². The van der Waals surface area contributed by atoms with Crippen LogP contribution >= 0.6 is 0 Å². The number of hydrogen-bond donors (Lipinski definition) is 2. The van der Waals surface area contributed by atoms with Crippen molar-refractivity contribution in [3.63, 3.8) is 0 Å². The van der Waals surface area contributed by atoms with Gasteiger partial charge in [0.15, 0.2) is 5.96 Å². The van der Waals surface area contributed by atoms with Crippen molar-refractivity contribution in [2.75, 3.05) is 19.6 Å². The van der Waals surface area contributed by atoms with Gasteiger partial charge >= 0.3 is 0 Å². The molecule has 1 fully saturated rings. The maximum absolute atomic E-state index is 11.2. The Morgan fingerprint density at radius 1 is 1.48 bits per heavy atom. The molecule has 0 saturated carbocycles. The normalized spacial score (nSPS) is 18.0. The first-order chi connectivity index (χ1) is 12.0. The number of guanidine groups is 1.